The standard InChI is InChI=1S/C62H39NO/c1-2-18-41(19-3-1)63(57-31-16-28-50-46-23-8-7-22-45(46)49-26-12-15-32-58(49)64-61(50)57)42-34-36-55-52(38-42)47-24-9-6-21-44(47)48-25-10-13-29-53(48)62(55)54-30-14-11-27-51(54)60-56(62)35-33-40-37-39-17-4-5-20-43(39)59(40)60/h1-36,38H,37H2. The first-order valence-corrected chi connectivity index (χ1v) is 22.3. The lowest BCUT2D eigenvalue weighted by Crippen LogP contribution is -2.29. The third kappa shape index (κ3) is 4.74. The van der Waals surface area contributed by atoms with Gasteiger partial charge in [-0.1, -0.05) is 188 Å². The number of hydrogen-bond donors (Lipinski definition) is 0. The van der Waals surface area contributed by atoms with Crippen molar-refractivity contribution in [2.24, 2.45) is 0 Å². The van der Waals surface area contributed by atoms with E-state index < -0.39 is 5.41 Å². The predicted molar refractivity (Wildman–Crippen MR) is 262 cm³/mol. The molecule has 0 aromatic heterocycles. The predicted octanol–water partition coefficient (Wildman–Crippen LogP) is 16.2. The molecule has 1 heterocycles. The van der Waals surface area contributed by atoms with E-state index in [-0.39, 0.29) is 0 Å². The SMILES string of the molecule is c1ccc(N(c2ccc3c(c2)-c2ccccc2-c2ccccc2C32c3ccccc3-c3c2ccc2c3-c3ccccc3C2)c2cccc3c2Oc2ccccc2-c2ccccc2-3)cc1. The van der Waals surface area contributed by atoms with E-state index in [1.807, 2.05) is 0 Å². The molecule has 0 saturated carbocycles. The molecular weight excluding hydrogens is 775 g/mol. The average molecular weight is 814 g/mol. The number of ether oxygens (including phenoxy) is 1. The van der Waals surface area contributed by atoms with Gasteiger partial charge in [0.25, 0.3) is 0 Å². The minimum absolute atomic E-state index is 0.597. The monoisotopic (exact) mass is 813 g/mol. The van der Waals surface area contributed by atoms with Crippen LogP contribution in [0.15, 0.2) is 224 Å². The van der Waals surface area contributed by atoms with E-state index in [0.717, 1.165) is 57.2 Å². The Morgan fingerprint density at radius 3 is 1.66 bits per heavy atom. The zero-order valence-electron chi connectivity index (χ0n) is 34.9. The molecule has 0 amide bonds. The lowest BCUT2D eigenvalue weighted by atomic mass is 9.65. The van der Waals surface area contributed by atoms with Gasteiger partial charge in [0.2, 0.25) is 0 Å². The van der Waals surface area contributed by atoms with Crippen LogP contribution in [-0.2, 0) is 11.8 Å². The van der Waals surface area contributed by atoms with Crippen LogP contribution in [0.4, 0.5) is 17.1 Å². The molecule has 10 aromatic rings. The van der Waals surface area contributed by atoms with Crippen LogP contribution in [0.25, 0.3) is 66.8 Å². The summed E-state index contributed by atoms with van der Waals surface area (Å²) in [5.74, 6) is 1.67. The number of benzene rings is 10. The van der Waals surface area contributed by atoms with Crippen molar-refractivity contribution in [3.05, 3.63) is 258 Å². The van der Waals surface area contributed by atoms with E-state index in [9.17, 15) is 0 Å². The van der Waals surface area contributed by atoms with Crippen molar-refractivity contribution in [2.45, 2.75) is 11.8 Å². The van der Waals surface area contributed by atoms with Crippen LogP contribution in [0, 0.1) is 0 Å². The molecule has 3 aliphatic carbocycles. The zero-order chi connectivity index (χ0) is 41.9. The van der Waals surface area contributed by atoms with E-state index >= 15 is 0 Å². The Morgan fingerprint density at radius 2 is 0.875 bits per heavy atom. The Labute approximate surface area is 373 Å². The van der Waals surface area contributed by atoms with Gasteiger partial charge in [0.1, 0.15) is 5.75 Å². The van der Waals surface area contributed by atoms with Crippen LogP contribution in [0.1, 0.15) is 33.4 Å². The molecule has 0 N–H and O–H groups in total. The molecule has 0 radical (unpaired) electrons. The molecule has 2 nitrogen and oxygen atoms in total. The minimum atomic E-state index is -0.597. The normalized spacial score (nSPS) is 15.0. The summed E-state index contributed by atoms with van der Waals surface area (Å²) in [5, 5.41) is 0. The van der Waals surface area contributed by atoms with Gasteiger partial charge in [0, 0.05) is 22.5 Å². The molecule has 10 aromatic carbocycles. The second kappa shape index (κ2) is 13.4. The first-order chi connectivity index (χ1) is 31.8. The third-order valence-corrected chi connectivity index (χ3v) is 14.3. The Morgan fingerprint density at radius 1 is 0.328 bits per heavy atom. The van der Waals surface area contributed by atoms with Crippen molar-refractivity contribution < 1.29 is 4.74 Å². The molecule has 64 heavy (non-hydrogen) atoms. The van der Waals surface area contributed by atoms with E-state index in [0.29, 0.717) is 0 Å². The van der Waals surface area contributed by atoms with Crippen LogP contribution in [-0.4, -0.2) is 0 Å². The van der Waals surface area contributed by atoms with E-state index in [1.54, 1.807) is 0 Å². The van der Waals surface area contributed by atoms with Crippen LogP contribution < -0.4 is 9.64 Å². The van der Waals surface area contributed by atoms with E-state index in [1.165, 1.54) is 77.9 Å². The molecule has 4 aliphatic rings. The van der Waals surface area contributed by atoms with Crippen molar-refractivity contribution in [3.8, 4) is 78.3 Å². The van der Waals surface area contributed by atoms with Crippen molar-refractivity contribution >= 4 is 17.1 Å². The van der Waals surface area contributed by atoms with Gasteiger partial charge < -0.3 is 9.64 Å². The number of hydrogen-bond acceptors (Lipinski definition) is 2. The Bertz CT molecular complexity index is 3580. The van der Waals surface area contributed by atoms with E-state index in [2.05, 4.69) is 229 Å². The van der Waals surface area contributed by atoms with Gasteiger partial charge in [-0.05, 0) is 132 Å². The van der Waals surface area contributed by atoms with Gasteiger partial charge in [-0.2, -0.15) is 0 Å². The zero-order valence-corrected chi connectivity index (χ0v) is 34.9. The fourth-order valence-corrected chi connectivity index (χ4v) is 11.8. The smallest absolute Gasteiger partial charge is 0.159 e. The largest absolute Gasteiger partial charge is 0.454 e. The summed E-state index contributed by atoms with van der Waals surface area (Å²) in [6.45, 7) is 0. The summed E-state index contributed by atoms with van der Waals surface area (Å²) < 4.78 is 7.15. The van der Waals surface area contributed by atoms with Crippen LogP contribution >= 0.6 is 0 Å². The molecule has 0 bridgehead atoms. The fraction of sp³-hybridized carbons (Fsp3) is 0.0323. The first-order valence-electron chi connectivity index (χ1n) is 22.3. The van der Waals surface area contributed by atoms with Crippen LogP contribution in [0.5, 0.6) is 11.5 Å². The molecule has 1 aliphatic heterocycles. The van der Waals surface area contributed by atoms with Crippen LogP contribution in [0.2, 0.25) is 0 Å². The number of para-hydroxylation sites is 3. The summed E-state index contributed by atoms with van der Waals surface area (Å²) in [4.78, 5) is 2.39. The Balaban J connectivity index is 1.07. The second-order valence-electron chi connectivity index (χ2n) is 17.4. The van der Waals surface area contributed by atoms with Gasteiger partial charge in [0.15, 0.2) is 5.75 Å². The van der Waals surface area contributed by atoms with Crippen LogP contribution in [0.3, 0.4) is 0 Å². The molecule has 1 spiro atoms. The topological polar surface area (TPSA) is 12.5 Å². The van der Waals surface area contributed by atoms with Crippen molar-refractivity contribution in [1.82, 2.24) is 0 Å². The van der Waals surface area contributed by atoms with Gasteiger partial charge in [-0.3, -0.25) is 0 Å². The van der Waals surface area contributed by atoms with Gasteiger partial charge >= 0.3 is 0 Å². The molecule has 298 valence electrons. The lowest BCUT2D eigenvalue weighted by molar-refractivity contribution is 0.489. The van der Waals surface area contributed by atoms with Gasteiger partial charge in [0.05, 0.1) is 11.1 Å². The quantitative estimate of drug-likeness (QED) is 0.176. The number of rotatable bonds is 3. The molecule has 14 rings (SSSR count). The number of fused-ring (bicyclic) bond motifs is 21. The Kier molecular flexibility index (Phi) is 7.41. The summed E-state index contributed by atoms with van der Waals surface area (Å²) in [7, 11) is 0. The number of anilines is 3. The van der Waals surface area contributed by atoms with Gasteiger partial charge in [-0.15, -0.1) is 0 Å². The summed E-state index contributed by atoms with van der Waals surface area (Å²) in [6.07, 6.45) is 0.954. The highest BCUT2D eigenvalue weighted by atomic mass is 16.5. The van der Waals surface area contributed by atoms with Gasteiger partial charge in [-0.25, -0.2) is 0 Å². The maximum atomic E-state index is 7.15. The molecule has 0 fully saturated rings. The van der Waals surface area contributed by atoms with E-state index in [4.69, 9.17) is 4.74 Å². The van der Waals surface area contributed by atoms with Crippen molar-refractivity contribution in [2.75, 3.05) is 4.90 Å². The average Bonchev–Trinajstić information content (AvgIpc) is 3.80. The highest BCUT2D eigenvalue weighted by molar-refractivity contribution is 6.04. The third-order valence-electron chi connectivity index (χ3n) is 14.3. The lowest BCUT2D eigenvalue weighted by Gasteiger charge is -2.36. The second-order valence-corrected chi connectivity index (χ2v) is 17.4. The molecular formula is C62H39NO. The summed E-state index contributed by atoms with van der Waals surface area (Å²) in [6, 6.07) is 83.0. The first kappa shape index (κ1) is 35.4. The minimum Gasteiger partial charge on any atom is -0.454 e. The van der Waals surface area contributed by atoms with Crippen molar-refractivity contribution in [3.63, 3.8) is 0 Å². The summed E-state index contributed by atoms with van der Waals surface area (Å²) >= 11 is 0. The highest BCUT2D eigenvalue weighted by Gasteiger charge is 2.51. The highest BCUT2D eigenvalue weighted by Crippen LogP contribution is 2.64. The molecule has 1 atom stereocenters. The number of nitrogens with zero attached hydrogens (tertiary/aromatic N) is 1. The maximum Gasteiger partial charge on any atom is 0.159 e. The molecule has 0 saturated heterocycles. The summed E-state index contributed by atoms with van der Waals surface area (Å²) in [5.41, 5.74) is 25.4. The maximum absolute atomic E-state index is 7.15. The molecule has 2 heteroatoms. The van der Waals surface area contributed by atoms with Crippen molar-refractivity contribution in [1.29, 1.82) is 0 Å². The molecule has 1 unspecified atom stereocenters. The fourth-order valence-electron chi connectivity index (χ4n) is 11.8. The Hall–Kier alpha value is -8.20.